The van der Waals surface area contributed by atoms with Crippen LogP contribution in [0.1, 0.15) is 19.5 Å². The van der Waals surface area contributed by atoms with Gasteiger partial charge in [0, 0.05) is 19.2 Å². The Morgan fingerprint density at radius 3 is 3.00 bits per heavy atom. The molecule has 0 amide bonds. The van der Waals surface area contributed by atoms with E-state index in [1.54, 1.807) is 0 Å². The molecule has 2 aliphatic heterocycles. The van der Waals surface area contributed by atoms with Gasteiger partial charge in [-0.3, -0.25) is 4.90 Å². The third-order valence-electron chi connectivity index (χ3n) is 3.98. The van der Waals surface area contributed by atoms with E-state index in [2.05, 4.69) is 9.88 Å². The zero-order valence-electron chi connectivity index (χ0n) is 12.6. The SMILES string of the molecule is COc1ccc(F)c(CN2CC(C)(C)O[C@@H]3COC[C@H]32)n1. The van der Waals surface area contributed by atoms with E-state index in [9.17, 15) is 4.39 Å². The van der Waals surface area contributed by atoms with Crippen LogP contribution in [0.15, 0.2) is 12.1 Å². The Balaban J connectivity index is 1.82. The predicted molar refractivity (Wildman–Crippen MR) is 74.7 cm³/mol. The molecule has 2 aliphatic rings. The average Bonchev–Trinajstić information content (AvgIpc) is 2.88. The van der Waals surface area contributed by atoms with Crippen LogP contribution < -0.4 is 4.74 Å². The van der Waals surface area contributed by atoms with Crippen molar-refractivity contribution in [1.82, 2.24) is 9.88 Å². The predicted octanol–water partition coefficient (Wildman–Crippen LogP) is 1.61. The van der Waals surface area contributed by atoms with Crippen molar-refractivity contribution in [2.75, 3.05) is 26.9 Å². The molecule has 21 heavy (non-hydrogen) atoms. The molecule has 0 unspecified atom stereocenters. The van der Waals surface area contributed by atoms with Crippen LogP contribution in [0.4, 0.5) is 4.39 Å². The summed E-state index contributed by atoms with van der Waals surface area (Å²) >= 11 is 0. The fraction of sp³-hybridized carbons (Fsp3) is 0.667. The van der Waals surface area contributed by atoms with Crippen LogP contribution in [0.2, 0.25) is 0 Å². The summed E-state index contributed by atoms with van der Waals surface area (Å²) in [6, 6.07) is 3.09. The van der Waals surface area contributed by atoms with Gasteiger partial charge in [-0.25, -0.2) is 9.37 Å². The number of ether oxygens (including phenoxy) is 3. The Kier molecular flexibility index (Phi) is 3.86. The molecule has 0 spiro atoms. The lowest BCUT2D eigenvalue weighted by molar-refractivity contribution is -0.151. The molecule has 0 saturated carbocycles. The summed E-state index contributed by atoms with van der Waals surface area (Å²) in [7, 11) is 1.53. The third kappa shape index (κ3) is 3.02. The van der Waals surface area contributed by atoms with Gasteiger partial charge in [0.25, 0.3) is 0 Å². The van der Waals surface area contributed by atoms with Gasteiger partial charge in [-0.2, -0.15) is 0 Å². The van der Waals surface area contributed by atoms with Crippen molar-refractivity contribution in [3.05, 3.63) is 23.6 Å². The maximum atomic E-state index is 14.0. The molecular formula is C15H21FN2O3. The van der Waals surface area contributed by atoms with Crippen LogP contribution in [0.3, 0.4) is 0 Å². The summed E-state index contributed by atoms with van der Waals surface area (Å²) in [5.41, 5.74) is 0.127. The van der Waals surface area contributed by atoms with Crippen LogP contribution in [0.25, 0.3) is 0 Å². The van der Waals surface area contributed by atoms with E-state index in [0.29, 0.717) is 31.3 Å². The highest BCUT2D eigenvalue weighted by Crippen LogP contribution is 2.30. The van der Waals surface area contributed by atoms with E-state index in [4.69, 9.17) is 14.2 Å². The molecule has 116 valence electrons. The van der Waals surface area contributed by atoms with Crippen LogP contribution in [0.5, 0.6) is 5.88 Å². The Labute approximate surface area is 124 Å². The van der Waals surface area contributed by atoms with Crippen LogP contribution in [-0.2, 0) is 16.0 Å². The van der Waals surface area contributed by atoms with Gasteiger partial charge in [-0.1, -0.05) is 0 Å². The van der Waals surface area contributed by atoms with Gasteiger partial charge in [-0.05, 0) is 19.9 Å². The zero-order valence-corrected chi connectivity index (χ0v) is 12.6. The second kappa shape index (κ2) is 5.51. The molecule has 2 fully saturated rings. The molecule has 3 rings (SSSR count). The minimum absolute atomic E-state index is 0.0439. The van der Waals surface area contributed by atoms with Gasteiger partial charge in [-0.15, -0.1) is 0 Å². The molecule has 0 N–H and O–H groups in total. The lowest BCUT2D eigenvalue weighted by Gasteiger charge is -2.44. The van der Waals surface area contributed by atoms with Gasteiger partial charge in [0.1, 0.15) is 5.82 Å². The molecular weight excluding hydrogens is 275 g/mol. The molecule has 6 heteroatoms. The first kappa shape index (κ1) is 14.7. The highest BCUT2D eigenvalue weighted by Gasteiger charge is 2.44. The number of methoxy groups -OCH3 is 1. The molecule has 0 radical (unpaired) electrons. The molecule has 1 aromatic heterocycles. The van der Waals surface area contributed by atoms with E-state index < -0.39 is 0 Å². The van der Waals surface area contributed by atoms with Crippen molar-refractivity contribution in [3.8, 4) is 5.88 Å². The molecule has 0 aliphatic carbocycles. The van der Waals surface area contributed by atoms with Crippen LogP contribution in [0, 0.1) is 5.82 Å². The van der Waals surface area contributed by atoms with Gasteiger partial charge < -0.3 is 14.2 Å². The van der Waals surface area contributed by atoms with E-state index >= 15 is 0 Å². The number of nitrogens with zero attached hydrogens (tertiary/aromatic N) is 2. The topological polar surface area (TPSA) is 43.8 Å². The standard InChI is InChI=1S/C15H21FN2O3/c1-15(2)9-18(12-7-20-8-13(12)21-15)6-11-10(16)4-5-14(17-11)19-3/h4-5,12-13H,6-9H2,1-3H3/t12-,13-/m1/s1. The summed E-state index contributed by atoms with van der Waals surface area (Å²) < 4.78 is 30.6. The van der Waals surface area contributed by atoms with E-state index in [1.807, 2.05) is 13.8 Å². The van der Waals surface area contributed by atoms with Gasteiger partial charge in [0.05, 0.1) is 43.8 Å². The second-order valence-corrected chi connectivity index (χ2v) is 6.21. The summed E-state index contributed by atoms with van der Waals surface area (Å²) in [6.45, 7) is 6.45. The van der Waals surface area contributed by atoms with Crippen molar-refractivity contribution < 1.29 is 18.6 Å². The summed E-state index contributed by atoms with van der Waals surface area (Å²) in [5.74, 6) is 0.119. The molecule has 3 heterocycles. The first-order chi connectivity index (χ1) is 9.98. The number of hydrogen-bond acceptors (Lipinski definition) is 5. The van der Waals surface area contributed by atoms with Crippen LogP contribution in [-0.4, -0.2) is 54.5 Å². The third-order valence-corrected chi connectivity index (χ3v) is 3.98. The maximum Gasteiger partial charge on any atom is 0.213 e. The van der Waals surface area contributed by atoms with Gasteiger partial charge in [0.15, 0.2) is 0 Å². The molecule has 1 aromatic rings. The van der Waals surface area contributed by atoms with Crippen molar-refractivity contribution in [2.45, 2.75) is 38.1 Å². The Bertz CT molecular complexity index is 524. The minimum atomic E-state index is -0.310. The quantitative estimate of drug-likeness (QED) is 0.848. The number of halogens is 1. The zero-order chi connectivity index (χ0) is 15.0. The fourth-order valence-corrected chi connectivity index (χ4v) is 3.08. The first-order valence-corrected chi connectivity index (χ1v) is 7.17. The Morgan fingerprint density at radius 2 is 2.24 bits per heavy atom. The Morgan fingerprint density at radius 1 is 1.43 bits per heavy atom. The van der Waals surface area contributed by atoms with E-state index in [-0.39, 0.29) is 23.6 Å². The Hall–Kier alpha value is -1.24. The van der Waals surface area contributed by atoms with E-state index in [1.165, 1.54) is 19.2 Å². The van der Waals surface area contributed by atoms with Gasteiger partial charge in [0.2, 0.25) is 5.88 Å². The average molecular weight is 296 g/mol. The largest absolute Gasteiger partial charge is 0.481 e. The highest BCUT2D eigenvalue weighted by atomic mass is 19.1. The number of aromatic nitrogens is 1. The number of hydrogen-bond donors (Lipinski definition) is 0. The number of pyridine rings is 1. The van der Waals surface area contributed by atoms with E-state index in [0.717, 1.165) is 6.54 Å². The summed E-state index contributed by atoms with van der Waals surface area (Å²) in [5, 5.41) is 0. The monoisotopic (exact) mass is 296 g/mol. The fourth-order valence-electron chi connectivity index (χ4n) is 3.08. The summed E-state index contributed by atoms with van der Waals surface area (Å²) in [6.07, 6.45) is 0.0439. The first-order valence-electron chi connectivity index (χ1n) is 7.17. The lowest BCUT2D eigenvalue weighted by Crippen LogP contribution is -2.57. The molecule has 2 saturated heterocycles. The minimum Gasteiger partial charge on any atom is -0.481 e. The van der Waals surface area contributed by atoms with Crippen molar-refractivity contribution in [3.63, 3.8) is 0 Å². The number of rotatable bonds is 3. The number of fused-ring (bicyclic) bond motifs is 1. The summed E-state index contributed by atoms with van der Waals surface area (Å²) in [4.78, 5) is 6.43. The molecule has 2 atom stereocenters. The van der Waals surface area contributed by atoms with Crippen molar-refractivity contribution >= 4 is 0 Å². The highest BCUT2D eigenvalue weighted by molar-refractivity contribution is 5.18. The van der Waals surface area contributed by atoms with Crippen molar-refractivity contribution in [1.29, 1.82) is 0 Å². The maximum absolute atomic E-state index is 14.0. The van der Waals surface area contributed by atoms with Crippen molar-refractivity contribution in [2.24, 2.45) is 0 Å². The molecule has 5 nitrogen and oxygen atoms in total. The molecule has 0 bridgehead atoms. The van der Waals surface area contributed by atoms with Gasteiger partial charge >= 0.3 is 0 Å². The molecule has 0 aromatic carbocycles. The van der Waals surface area contributed by atoms with Crippen LogP contribution >= 0.6 is 0 Å². The second-order valence-electron chi connectivity index (χ2n) is 6.21. The lowest BCUT2D eigenvalue weighted by atomic mass is 10.0. The number of morpholine rings is 1. The smallest absolute Gasteiger partial charge is 0.213 e. The normalized spacial score (nSPS) is 28.4.